The van der Waals surface area contributed by atoms with E-state index in [1.165, 1.54) is 11.1 Å². The van der Waals surface area contributed by atoms with Crippen LogP contribution < -0.4 is 10.1 Å². The normalized spacial score (nSPS) is 19.3. The number of hydrogen-bond donors (Lipinski definition) is 3. The molecule has 30 heavy (non-hydrogen) atoms. The van der Waals surface area contributed by atoms with E-state index in [4.69, 9.17) is 10.00 Å². The minimum Gasteiger partial charge on any atom is -0.497 e. The van der Waals surface area contributed by atoms with E-state index in [-0.39, 0.29) is 18.8 Å². The Kier molecular flexibility index (Phi) is 8.09. The fourth-order valence-corrected chi connectivity index (χ4v) is 3.94. The third kappa shape index (κ3) is 6.20. The second-order valence-corrected chi connectivity index (χ2v) is 7.86. The smallest absolute Gasteiger partial charge is 0.122 e. The van der Waals surface area contributed by atoms with E-state index in [1.807, 2.05) is 12.1 Å². The van der Waals surface area contributed by atoms with Gasteiger partial charge in [0.2, 0.25) is 0 Å². The molecule has 0 saturated carbocycles. The maximum absolute atomic E-state index is 9.78. The van der Waals surface area contributed by atoms with E-state index in [1.54, 1.807) is 13.2 Å². The van der Waals surface area contributed by atoms with E-state index in [2.05, 4.69) is 40.6 Å². The summed E-state index contributed by atoms with van der Waals surface area (Å²) < 4.78 is 5.24. The third-order valence-electron chi connectivity index (χ3n) is 5.75. The standard InChI is InChI=1S/C24H31N3O3/c1-30-24-13-20(16-25)12-21(14-24)26-9-6-18-2-4-19(5-3-18)7-10-27-11-8-23(29)15-22(27)17-28/h2-5,12-14,22-23,26,28-29H,6-11,15,17H2,1H3. The fourth-order valence-electron chi connectivity index (χ4n) is 3.94. The molecule has 2 unspecified atom stereocenters. The summed E-state index contributed by atoms with van der Waals surface area (Å²) in [5.41, 5.74) is 3.99. The van der Waals surface area contributed by atoms with E-state index >= 15 is 0 Å². The second kappa shape index (κ2) is 11.0. The summed E-state index contributed by atoms with van der Waals surface area (Å²) in [4.78, 5) is 2.29. The Balaban J connectivity index is 1.46. The van der Waals surface area contributed by atoms with Crippen LogP contribution in [0.4, 0.5) is 5.69 Å². The van der Waals surface area contributed by atoms with Gasteiger partial charge < -0.3 is 20.3 Å². The highest BCUT2D eigenvalue weighted by Crippen LogP contribution is 2.21. The largest absolute Gasteiger partial charge is 0.497 e. The number of likely N-dealkylation sites (tertiary alicyclic amines) is 1. The molecule has 1 heterocycles. The molecule has 0 spiro atoms. The lowest BCUT2D eigenvalue weighted by Gasteiger charge is -2.36. The van der Waals surface area contributed by atoms with Crippen molar-refractivity contribution in [3.05, 3.63) is 59.2 Å². The summed E-state index contributed by atoms with van der Waals surface area (Å²) in [6, 6.07) is 16.3. The van der Waals surface area contributed by atoms with Gasteiger partial charge in [-0.2, -0.15) is 5.26 Å². The molecule has 1 saturated heterocycles. The lowest BCUT2D eigenvalue weighted by Crippen LogP contribution is -2.47. The zero-order valence-corrected chi connectivity index (χ0v) is 17.6. The van der Waals surface area contributed by atoms with Crippen molar-refractivity contribution in [2.45, 2.75) is 37.8 Å². The summed E-state index contributed by atoms with van der Waals surface area (Å²) in [7, 11) is 1.60. The Morgan fingerprint density at radius 1 is 1.17 bits per heavy atom. The van der Waals surface area contributed by atoms with Crippen molar-refractivity contribution >= 4 is 5.69 Å². The number of rotatable bonds is 9. The number of nitriles is 1. The molecule has 3 N–H and O–H groups in total. The Bertz CT molecular complexity index is 848. The summed E-state index contributed by atoms with van der Waals surface area (Å²) >= 11 is 0. The number of nitrogens with one attached hydrogen (secondary N) is 1. The molecular formula is C24H31N3O3. The average molecular weight is 410 g/mol. The SMILES string of the molecule is COc1cc(C#N)cc(NCCc2ccc(CCN3CCC(O)CC3CO)cc2)c1. The maximum Gasteiger partial charge on any atom is 0.122 e. The molecule has 0 amide bonds. The summed E-state index contributed by atoms with van der Waals surface area (Å²) in [6.07, 6.45) is 2.98. The predicted octanol–water partition coefficient (Wildman–Crippen LogP) is 2.58. The number of anilines is 1. The van der Waals surface area contributed by atoms with Gasteiger partial charge in [-0.1, -0.05) is 24.3 Å². The molecular weight excluding hydrogens is 378 g/mol. The minimum absolute atomic E-state index is 0.0669. The topological polar surface area (TPSA) is 88.8 Å². The van der Waals surface area contributed by atoms with Crippen molar-refractivity contribution in [2.75, 3.05) is 38.7 Å². The first kappa shape index (κ1) is 22.1. The number of aliphatic hydroxyl groups excluding tert-OH is 2. The molecule has 2 aromatic rings. The minimum atomic E-state index is -0.283. The van der Waals surface area contributed by atoms with Gasteiger partial charge in [0.15, 0.2) is 0 Å². The van der Waals surface area contributed by atoms with Crippen LogP contribution in [0.3, 0.4) is 0 Å². The molecule has 6 heteroatoms. The van der Waals surface area contributed by atoms with E-state index in [0.29, 0.717) is 17.7 Å². The third-order valence-corrected chi connectivity index (χ3v) is 5.75. The number of hydrogen-bond acceptors (Lipinski definition) is 6. The molecule has 2 aromatic carbocycles. The monoisotopic (exact) mass is 409 g/mol. The lowest BCUT2D eigenvalue weighted by atomic mass is 9.99. The van der Waals surface area contributed by atoms with Crippen molar-refractivity contribution < 1.29 is 14.9 Å². The van der Waals surface area contributed by atoms with Crippen molar-refractivity contribution in [3.8, 4) is 11.8 Å². The Morgan fingerprint density at radius 3 is 2.57 bits per heavy atom. The van der Waals surface area contributed by atoms with Gasteiger partial charge in [0, 0.05) is 37.4 Å². The van der Waals surface area contributed by atoms with Crippen molar-refractivity contribution in [1.29, 1.82) is 5.26 Å². The Hall–Kier alpha value is -2.59. The zero-order chi connectivity index (χ0) is 21.3. The van der Waals surface area contributed by atoms with Crippen LogP contribution in [0.15, 0.2) is 42.5 Å². The van der Waals surface area contributed by atoms with Gasteiger partial charge >= 0.3 is 0 Å². The molecule has 0 radical (unpaired) electrons. The molecule has 1 aliphatic heterocycles. The second-order valence-electron chi connectivity index (χ2n) is 7.86. The van der Waals surface area contributed by atoms with Crippen LogP contribution in [0.5, 0.6) is 5.75 Å². The Morgan fingerprint density at radius 2 is 1.90 bits per heavy atom. The Labute approximate surface area is 178 Å². The van der Waals surface area contributed by atoms with Crippen LogP contribution in [0, 0.1) is 11.3 Å². The lowest BCUT2D eigenvalue weighted by molar-refractivity contribution is 0.0177. The van der Waals surface area contributed by atoms with Crippen LogP contribution in [0.25, 0.3) is 0 Å². The first-order valence-corrected chi connectivity index (χ1v) is 10.5. The molecule has 0 aliphatic carbocycles. The number of ether oxygens (including phenoxy) is 1. The highest BCUT2D eigenvalue weighted by Gasteiger charge is 2.26. The van der Waals surface area contributed by atoms with Gasteiger partial charge in [-0.15, -0.1) is 0 Å². The average Bonchev–Trinajstić information content (AvgIpc) is 2.78. The van der Waals surface area contributed by atoms with Gasteiger partial charge in [0.25, 0.3) is 0 Å². The van der Waals surface area contributed by atoms with Gasteiger partial charge in [0.05, 0.1) is 31.5 Å². The van der Waals surface area contributed by atoms with Gasteiger partial charge in [-0.05, 0) is 48.9 Å². The molecule has 6 nitrogen and oxygen atoms in total. The van der Waals surface area contributed by atoms with Crippen molar-refractivity contribution in [1.82, 2.24) is 4.90 Å². The highest BCUT2D eigenvalue weighted by molar-refractivity contribution is 5.54. The van der Waals surface area contributed by atoms with Gasteiger partial charge in [-0.25, -0.2) is 0 Å². The predicted molar refractivity (Wildman–Crippen MR) is 118 cm³/mol. The molecule has 3 rings (SSSR count). The molecule has 0 aromatic heterocycles. The molecule has 2 atom stereocenters. The first-order valence-electron chi connectivity index (χ1n) is 10.5. The highest BCUT2D eigenvalue weighted by atomic mass is 16.5. The van der Waals surface area contributed by atoms with E-state index in [0.717, 1.165) is 44.6 Å². The van der Waals surface area contributed by atoms with Crippen molar-refractivity contribution in [3.63, 3.8) is 0 Å². The van der Waals surface area contributed by atoms with E-state index in [9.17, 15) is 10.2 Å². The van der Waals surface area contributed by atoms with Crippen LogP contribution in [0.2, 0.25) is 0 Å². The number of nitrogens with zero attached hydrogens (tertiary/aromatic N) is 2. The summed E-state index contributed by atoms with van der Waals surface area (Å²) in [5, 5.41) is 31.8. The summed E-state index contributed by atoms with van der Waals surface area (Å²) in [6.45, 7) is 2.61. The van der Waals surface area contributed by atoms with E-state index < -0.39 is 0 Å². The maximum atomic E-state index is 9.78. The zero-order valence-electron chi connectivity index (χ0n) is 17.6. The quantitative estimate of drug-likeness (QED) is 0.590. The number of piperidine rings is 1. The molecule has 1 fully saturated rings. The summed E-state index contributed by atoms with van der Waals surface area (Å²) in [5.74, 6) is 0.674. The van der Waals surface area contributed by atoms with Gasteiger partial charge in [0.1, 0.15) is 5.75 Å². The van der Waals surface area contributed by atoms with Crippen LogP contribution in [-0.4, -0.2) is 60.6 Å². The van der Waals surface area contributed by atoms with Gasteiger partial charge in [-0.3, -0.25) is 4.90 Å². The van der Waals surface area contributed by atoms with Crippen LogP contribution >= 0.6 is 0 Å². The van der Waals surface area contributed by atoms with Crippen LogP contribution in [-0.2, 0) is 12.8 Å². The number of benzene rings is 2. The number of aliphatic hydroxyl groups is 2. The molecule has 1 aliphatic rings. The molecule has 0 bridgehead atoms. The first-order chi connectivity index (χ1) is 14.6. The van der Waals surface area contributed by atoms with Crippen LogP contribution in [0.1, 0.15) is 29.5 Å². The fraction of sp³-hybridized carbons (Fsp3) is 0.458. The molecule has 160 valence electrons. The number of methoxy groups -OCH3 is 1. The van der Waals surface area contributed by atoms with Crippen molar-refractivity contribution in [2.24, 2.45) is 0 Å².